The van der Waals surface area contributed by atoms with E-state index in [2.05, 4.69) is 0 Å². The van der Waals surface area contributed by atoms with Crippen LogP contribution in [0, 0.1) is 13.8 Å². The van der Waals surface area contributed by atoms with E-state index in [9.17, 15) is 31.5 Å². The van der Waals surface area contributed by atoms with E-state index in [1.165, 1.54) is 19.9 Å². The third kappa shape index (κ3) is 4.11. The molecular weight excluding hydrogens is 359 g/mol. The quantitative estimate of drug-likeness (QED) is 0.893. The fourth-order valence-electron chi connectivity index (χ4n) is 2.19. The minimum atomic E-state index is -4.62. The first-order chi connectivity index (χ1) is 11.4. The van der Waals surface area contributed by atoms with Crippen molar-refractivity contribution in [3.05, 3.63) is 58.7 Å². The molecule has 0 saturated carbocycles. The minimum Gasteiger partial charge on any atom is -0.545 e. The van der Waals surface area contributed by atoms with Crippen molar-refractivity contribution in [3.8, 4) is 0 Å². The number of anilines is 1. The van der Waals surface area contributed by atoms with Gasteiger partial charge >= 0.3 is 6.18 Å². The molecule has 0 aliphatic rings. The molecule has 9 heteroatoms. The lowest BCUT2D eigenvalue weighted by Crippen LogP contribution is -2.24. The van der Waals surface area contributed by atoms with Gasteiger partial charge in [-0.1, -0.05) is 6.07 Å². The van der Waals surface area contributed by atoms with Crippen LogP contribution >= 0.6 is 0 Å². The lowest BCUT2D eigenvalue weighted by Gasteiger charge is -2.15. The van der Waals surface area contributed by atoms with Gasteiger partial charge in [0.15, 0.2) is 0 Å². The van der Waals surface area contributed by atoms with Gasteiger partial charge in [0.25, 0.3) is 10.0 Å². The molecule has 5 nitrogen and oxygen atoms in total. The van der Waals surface area contributed by atoms with E-state index in [0.29, 0.717) is 11.6 Å². The highest BCUT2D eigenvalue weighted by Gasteiger charge is 2.31. The number of aromatic carboxylic acids is 1. The summed E-state index contributed by atoms with van der Waals surface area (Å²) in [6.45, 7) is 2.99. The first-order valence-electron chi connectivity index (χ1n) is 6.94. The number of rotatable bonds is 4. The third-order valence-corrected chi connectivity index (χ3v) is 5.09. The van der Waals surface area contributed by atoms with Gasteiger partial charge in [0.05, 0.1) is 16.4 Å². The summed E-state index contributed by atoms with van der Waals surface area (Å²) < 4.78 is 65.2. The van der Waals surface area contributed by atoms with Crippen LogP contribution in [0.4, 0.5) is 18.9 Å². The zero-order chi connectivity index (χ0) is 19.0. The number of carboxylic acid groups (broad SMARTS) is 1. The second kappa shape index (κ2) is 6.40. The predicted molar refractivity (Wildman–Crippen MR) is 82.5 cm³/mol. The van der Waals surface area contributed by atoms with Gasteiger partial charge in [-0.15, -0.1) is 0 Å². The van der Waals surface area contributed by atoms with Crippen LogP contribution in [0.1, 0.15) is 27.0 Å². The Balaban J connectivity index is 2.49. The van der Waals surface area contributed by atoms with Crippen molar-refractivity contribution in [1.29, 1.82) is 0 Å². The minimum absolute atomic E-state index is 0.282. The Labute approximate surface area is 142 Å². The van der Waals surface area contributed by atoms with Crippen LogP contribution in [-0.4, -0.2) is 14.4 Å². The maximum Gasteiger partial charge on any atom is 0.416 e. The number of carboxylic acids is 1. The number of aryl methyl sites for hydroxylation is 1. The summed E-state index contributed by atoms with van der Waals surface area (Å²) in [5.41, 5.74) is -0.960. The first kappa shape index (κ1) is 18.8. The Morgan fingerprint density at radius 2 is 1.76 bits per heavy atom. The highest BCUT2D eigenvalue weighted by Crippen LogP contribution is 2.31. The molecule has 134 valence electrons. The maximum atomic E-state index is 12.7. The van der Waals surface area contributed by atoms with Crippen molar-refractivity contribution >= 4 is 21.7 Å². The molecule has 25 heavy (non-hydrogen) atoms. The average molecular weight is 372 g/mol. The summed E-state index contributed by atoms with van der Waals surface area (Å²) in [6, 6.07) is 5.86. The molecule has 0 heterocycles. The Kier molecular flexibility index (Phi) is 4.81. The summed E-state index contributed by atoms with van der Waals surface area (Å²) in [5, 5.41) is 11.0. The van der Waals surface area contributed by atoms with Crippen LogP contribution in [0.2, 0.25) is 0 Å². The molecule has 0 fully saturated rings. The lowest BCUT2D eigenvalue weighted by molar-refractivity contribution is -0.255. The van der Waals surface area contributed by atoms with Gasteiger partial charge in [0.2, 0.25) is 0 Å². The van der Waals surface area contributed by atoms with E-state index >= 15 is 0 Å². The summed E-state index contributed by atoms with van der Waals surface area (Å²) >= 11 is 0. The number of carbonyl (C=O) groups is 1. The molecular formula is C16H13F3NO4S-. The molecule has 0 bridgehead atoms. The van der Waals surface area contributed by atoms with E-state index in [1.54, 1.807) is 0 Å². The van der Waals surface area contributed by atoms with E-state index < -0.39 is 27.7 Å². The zero-order valence-electron chi connectivity index (χ0n) is 13.1. The van der Waals surface area contributed by atoms with Gasteiger partial charge in [-0.3, -0.25) is 4.72 Å². The number of hydrogen-bond donors (Lipinski definition) is 1. The van der Waals surface area contributed by atoms with Crippen LogP contribution < -0.4 is 9.83 Å². The van der Waals surface area contributed by atoms with Crippen molar-refractivity contribution < 1.29 is 31.5 Å². The topological polar surface area (TPSA) is 86.3 Å². The maximum absolute atomic E-state index is 12.7. The molecule has 2 aromatic carbocycles. The molecule has 0 amide bonds. The average Bonchev–Trinajstić information content (AvgIpc) is 2.48. The number of alkyl halides is 3. The molecule has 0 saturated heterocycles. The Morgan fingerprint density at radius 3 is 2.32 bits per heavy atom. The van der Waals surface area contributed by atoms with Gasteiger partial charge < -0.3 is 9.90 Å². The predicted octanol–water partition coefficient (Wildman–Crippen LogP) is 2.49. The summed E-state index contributed by atoms with van der Waals surface area (Å²) in [4.78, 5) is 10.7. The van der Waals surface area contributed by atoms with Gasteiger partial charge in [0, 0.05) is 5.69 Å². The van der Waals surface area contributed by atoms with Crippen LogP contribution in [0.5, 0.6) is 0 Å². The van der Waals surface area contributed by atoms with Crippen molar-refractivity contribution in [2.75, 3.05) is 4.72 Å². The molecule has 0 aliphatic carbocycles. The largest absolute Gasteiger partial charge is 0.545 e. The molecule has 0 aromatic heterocycles. The molecule has 2 rings (SSSR count). The molecule has 0 unspecified atom stereocenters. The number of halogens is 3. The molecule has 0 spiro atoms. The summed E-state index contributed by atoms with van der Waals surface area (Å²) in [5.74, 6) is -1.56. The smallest absolute Gasteiger partial charge is 0.416 e. The normalized spacial score (nSPS) is 12.0. The summed E-state index contributed by atoms with van der Waals surface area (Å²) in [6.07, 6.45) is -4.62. The van der Waals surface area contributed by atoms with E-state index in [1.807, 2.05) is 4.72 Å². The molecule has 0 radical (unpaired) electrons. The van der Waals surface area contributed by atoms with Crippen LogP contribution in [-0.2, 0) is 16.2 Å². The standard InChI is InChI=1S/C16H14F3NO4S/c1-9-6-11(15(21)22)7-14(10(9)2)25(23,24)20-13-5-3-4-12(8-13)16(17,18)19/h3-8,20H,1-2H3,(H,21,22)/p-1. The monoisotopic (exact) mass is 372 g/mol. The SMILES string of the molecule is Cc1cc(C(=O)[O-])cc(S(=O)(=O)Nc2cccc(C(F)(F)F)c2)c1C. The van der Waals surface area contributed by atoms with Gasteiger partial charge in [-0.05, 0) is 60.9 Å². The number of carbonyl (C=O) groups excluding carboxylic acids is 1. The fraction of sp³-hybridized carbons (Fsp3) is 0.188. The third-order valence-electron chi connectivity index (χ3n) is 3.59. The van der Waals surface area contributed by atoms with Crippen molar-refractivity contribution in [2.24, 2.45) is 0 Å². The van der Waals surface area contributed by atoms with Crippen molar-refractivity contribution in [2.45, 2.75) is 24.9 Å². The van der Waals surface area contributed by atoms with Crippen LogP contribution in [0.3, 0.4) is 0 Å². The van der Waals surface area contributed by atoms with E-state index in [0.717, 1.165) is 24.3 Å². The Morgan fingerprint density at radius 1 is 1.12 bits per heavy atom. The van der Waals surface area contributed by atoms with Crippen molar-refractivity contribution in [3.63, 3.8) is 0 Å². The van der Waals surface area contributed by atoms with E-state index in [-0.39, 0.29) is 21.7 Å². The second-order valence-corrected chi connectivity index (χ2v) is 7.04. The highest BCUT2D eigenvalue weighted by atomic mass is 32.2. The fourth-order valence-corrected chi connectivity index (χ4v) is 3.59. The number of sulfonamides is 1. The first-order valence-corrected chi connectivity index (χ1v) is 8.43. The molecule has 0 aliphatic heterocycles. The number of hydrogen-bond acceptors (Lipinski definition) is 4. The van der Waals surface area contributed by atoms with E-state index in [4.69, 9.17) is 0 Å². The lowest BCUT2D eigenvalue weighted by atomic mass is 10.1. The zero-order valence-corrected chi connectivity index (χ0v) is 14.0. The summed E-state index contributed by atoms with van der Waals surface area (Å²) in [7, 11) is -4.29. The highest BCUT2D eigenvalue weighted by molar-refractivity contribution is 7.92. The van der Waals surface area contributed by atoms with Gasteiger partial charge in [-0.2, -0.15) is 13.2 Å². The van der Waals surface area contributed by atoms with Crippen LogP contribution in [0.15, 0.2) is 41.3 Å². The molecule has 2 aromatic rings. The van der Waals surface area contributed by atoms with Gasteiger partial charge in [-0.25, -0.2) is 8.42 Å². The van der Waals surface area contributed by atoms with Crippen molar-refractivity contribution in [1.82, 2.24) is 0 Å². The van der Waals surface area contributed by atoms with Gasteiger partial charge in [0.1, 0.15) is 0 Å². The molecule has 1 N–H and O–H groups in total. The Hall–Kier alpha value is -2.55. The Bertz CT molecular complexity index is 937. The number of nitrogens with one attached hydrogen (secondary N) is 1. The molecule has 0 atom stereocenters. The second-order valence-electron chi connectivity index (χ2n) is 5.39. The number of benzene rings is 2. The van der Waals surface area contributed by atoms with Crippen LogP contribution in [0.25, 0.3) is 0 Å².